The van der Waals surface area contributed by atoms with Gasteiger partial charge in [0.05, 0.1) is 4.47 Å². The van der Waals surface area contributed by atoms with Gasteiger partial charge in [-0.15, -0.1) is 0 Å². The molecule has 0 aliphatic rings. The second-order valence-electron chi connectivity index (χ2n) is 3.30. The first-order valence-corrected chi connectivity index (χ1v) is 5.59. The maximum atomic E-state index is 5.64. The highest BCUT2D eigenvalue weighted by molar-refractivity contribution is 9.10. The average molecular weight is 266 g/mol. The summed E-state index contributed by atoms with van der Waals surface area (Å²) in [5.74, 6) is 0. The molecule has 0 amide bonds. The van der Waals surface area contributed by atoms with E-state index in [1.54, 1.807) is 0 Å². The van der Waals surface area contributed by atoms with Gasteiger partial charge in [-0.3, -0.25) is 4.68 Å². The molecule has 15 heavy (non-hydrogen) atoms. The van der Waals surface area contributed by atoms with Crippen LogP contribution in [0.3, 0.4) is 0 Å². The van der Waals surface area contributed by atoms with Gasteiger partial charge in [0.1, 0.15) is 5.69 Å². The van der Waals surface area contributed by atoms with Crippen LogP contribution in [0.4, 0.5) is 5.69 Å². The molecule has 4 heteroatoms. The fourth-order valence-corrected chi connectivity index (χ4v) is 1.94. The Morgan fingerprint density at radius 2 is 2.00 bits per heavy atom. The summed E-state index contributed by atoms with van der Waals surface area (Å²) in [6.45, 7) is 2.93. The molecule has 2 rings (SSSR count). The number of aryl methyl sites for hydroxylation is 1. The third-order valence-corrected chi connectivity index (χ3v) is 2.81. The van der Waals surface area contributed by atoms with Crippen LogP contribution in [-0.4, -0.2) is 9.78 Å². The summed E-state index contributed by atoms with van der Waals surface area (Å²) in [5, 5.41) is 4.46. The van der Waals surface area contributed by atoms with E-state index in [9.17, 15) is 0 Å². The predicted molar refractivity (Wildman–Crippen MR) is 65.4 cm³/mol. The van der Waals surface area contributed by atoms with Gasteiger partial charge >= 0.3 is 0 Å². The van der Waals surface area contributed by atoms with Crippen molar-refractivity contribution in [3.63, 3.8) is 0 Å². The molecule has 1 heterocycles. The highest BCUT2D eigenvalue weighted by Crippen LogP contribution is 2.26. The van der Waals surface area contributed by atoms with Crippen LogP contribution in [0.2, 0.25) is 0 Å². The Kier molecular flexibility index (Phi) is 2.77. The molecule has 0 atom stereocenters. The van der Waals surface area contributed by atoms with Crippen molar-refractivity contribution in [3.8, 4) is 11.3 Å². The Labute approximate surface area is 97.0 Å². The van der Waals surface area contributed by atoms with Gasteiger partial charge in [-0.25, -0.2) is 0 Å². The summed E-state index contributed by atoms with van der Waals surface area (Å²) in [7, 11) is 0. The molecule has 1 aromatic carbocycles. The van der Waals surface area contributed by atoms with Gasteiger partial charge < -0.3 is 5.73 Å². The molecule has 0 saturated carbocycles. The minimum Gasteiger partial charge on any atom is -0.399 e. The van der Waals surface area contributed by atoms with Crippen molar-refractivity contribution in [3.05, 3.63) is 34.9 Å². The van der Waals surface area contributed by atoms with Crippen molar-refractivity contribution >= 4 is 21.6 Å². The quantitative estimate of drug-likeness (QED) is 0.849. The van der Waals surface area contributed by atoms with E-state index in [1.165, 1.54) is 0 Å². The summed E-state index contributed by atoms with van der Waals surface area (Å²) < 4.78 is 2.91. The number of hydrogen-bond donors (Lipinski definition) is 1. The Morgan fingerprint density at radius 3 is 2.53 bits per heavy atom. The molecule has 0 spiro atoms. The molecule has 3 nitrogen and oxygen atoms in total. The number of nitrogen functional groups attached to an aromatic ring is 1. The first-order valence-electron chi connectivity index (χ1n) is 4.79. The maximum Gasteiger partial charge on any atom is 0.106 e. The van der Waals surface area contributed by atoms with E-state index in [4.69, 9.17) is 5.73 Å². The van der Waals surface area contributed by atoms with Crippen LogP contribution in [0.15, 0.2) is 34.9 Å². The van der Waals surface area contributed by atoms with Crippen molar-refractivity contribution in [2.75, 3.05) is 5.73 Å². The number of halogens is 1. The van der Waals surface area contributed by atoms with E-state index in [-0.39, 0.29) is 0 Å². The van der Waals surface area contributed by atoms with Crippen molar-refractivity contribution in [1.82, 2.24) is 9.78 Å². The second-order valence-corrected chi connectivity index (χ2v) is 4.16. The molecule has 0 unspecified atom stereocenters. The standard InChI is InChI=1S/C11H12BrN3/c1-2-15-7-10(12)11(14-15)8-3-5-9(13)6-4-8/h3-7H,2,13H2,1H3. The summed E-state index contributed by atoms with van der Waals surface area (Å²) in [4.78, 5) is 0. The van der Waals surface area contributed by atoms with Crippen molar-refractivity contribution in [2.45, 2.75) is 13.5 Å². The van der Waals surface area contributed by atoms with Crippen molar-refractivity contribution < 1.29 is 0 Å². The van der Waals surface area contributed by atoms with Gasteiger partial charge in [-0.1, -0.05) is 12.1 Å². The van der Waals surface area contributed by atoms with Crippen molar-refractivity contribution in [1.29, 1.82) is 0 Å². The summed E-state index contributed by atoms with van der Waals surface area (Å²) >= 11 is 3.50. The van der Waals surface area contributed by atoms with E-state index >= 15 is 0 Å². The first kappa shape index (κ1) is 10.2. The zero-order valence-corrected chi connectivity index (χ0v) is 10.0. The number of nitrogens with two attached hydrogens (primary N) is 1. The molecule has 0 saturated heterocycles. The fourth-order valence-electron chi connectivity index (χ4n) is 1.40. The van der Waals surface area contributed by atoms with Crippen LogP contribution >= 0.6 is 15.9 Å². The van der Waals surface area contributed by atoms with Gasteiger partial charge in [-0.2, -0.15) is 5.10 Å². The van der Waals surface area contributed by atoms with Crippen LogP contribution in [0.5, 0.6) is 0 Å². The number of benzene rings is 1. The number of rotatable bonds is 2. The molecular weight excluding hydrogens is 254 g/mol. The lowest BCUT2D eigenvalue weighted by atomic mass is 10.1. The average Bonchev–Trinajstić information content (AvgIpc) is 2.61. The molecule has 78 valence electrons. The van der Waals surface area contributed by atoms with Crippen LogP contribution in [0.1, 0.15) is 6.92 Å². The molecule has 0 aliphatic heterocycles. The third kappa shape index (κ3) is 2.04. The van der Waals surface area contributed by atoms with E-state index in [0.717, 1.165) is 28.0 Å². The highest BCUT2D eigenvalue weighted by atomic mass is 79.9. The highest BCUT2D eigenvalue weighted by Gasteiger charge is 2.07. The first-order chi connectivity index (χ1) is 7.20. The van der Waals surface area contributed by atoms with Crippen LogP contribution in [0, 0.1) is 0 Å². The minimum absolute atomic E-state index is 0.768. The van der Waals surface area contributed by atoms with Crippen molar-refractivity contribution in [2.24, 2.45) is 0 Å². The largest absolute Gasteiger partial charge is 0.399 e. The zero-order valence-electron chi connectivity index (χ0n) is 8.44. The third-order valence-electron chi connectivity index (χ3n) is 2.23. The van der Waals surface area contributed by atoms with Gasteiger partial charge in [0.2, 0.25) is 0 Å². The zero-order chi connectivity index (χ0) is 10.8. The fraction of sp³-hybridized carbons (Fsp3) is 0.182. The summed E-state index contributed by atoms with van der Waals surface area (Å²) in [5.41, 5.74) is 8.43. The summed E-state index contributed by atoms with van der Waals surface area (Å²) in [6, 6.07) is 7.71. The molecule has 0 radical (unpaired) electrons. The maximum absolute atomic E-state index is 5.64. The lowest BCUT2D eigenvalue weighted by molar-refractivity contribution is 0.662. The monoisotopic (exact) mass is 265 g/mol. The topological polar surface area (TPSA) is 43.8 Å². The summed E-state index contributed by atoms with van der Waals surface area (Å²) in [6.07, 6.45) is 1.98. The van der Waals surface area contributed by atoms with E-state index in [0.29, 0.717) is 0 Å². The van der Waals surface area contributed by atoms with Gasteiger partial charge in [0.15, 0.2) is 0 Å². The Balaban J connectivity index is 2.44. The SMILES string of the molecule is CCn1cc(Br)c(-c2ccc(N)cc2)n1. The number of hydrogen-bond acceptors (Lipinski definition) is 2. The molecular formula is C11H12BrN3. The second kappa shape index (κ2) is 4.06. The Bertz CT molecular complexity index is 459. The van der Waals surface area contributed by atoms with Crippen LogP contribution in [0.25, 0.3) is 11.3 Å². The van der Waals surface area contributed by atoms with E-state index in [1.807, 2.05) is 35.1 Å². The van der Waals surface area contributed by atoms with Gasteiger partial charge in [0.25, 0.3) is 0 Å². The molecule has 0 aliphatic carbocycles. The van der Waals surface area contributed by atoms with Crippen LogP contribution in [-0.2, 0) is 6.54 Å². The van der Waals surface area contributed by atoms with Gasteiger partial charge in [-0.05, 0) is 35.0 Å². The van der Waals surface area contributed by atoms with E-state index < -0.39 is 0 Å². The number of aromatic nitrogens is 2. The van der Waals surface area contributed by atoms with E-state index in [2.05, 4.69) is 28.0 Å². The predicted octanol–water partition coefficient (Wildman–Crippen LogP) is 2.91. The smallest absolute Gasteiger partial charge is 0.106 e. The normalized spacial score (nSPS) is 10.5. The minimum atomic E-state index is 0.768. The number of anilines is 1. The molecule has 0 fully saturated rings. The number of nitrogens with zero attached hydrogens (tertiary/aromatic N) is 2. The Hall–Kier alpha value is -1.29. The van der Waals surface area contributed by atoms with Crippen LogP contribution < -0.4 is 5.73 Å². The molecule has 0 bridgehead atoms. The lowest BCUT2D eigenvalue weighted by Gasteiger charge is -1.98. The Morgan fingerprint density at radius 1 is 1.33 bits per heavy atom. The molecule has 2 N–H and O–H groups in total. The molecule has 2 aromatic rings. The molecule has 1 aromatic heterocycles. The lowest BCUT2D eigenvalue weighted by Crippen LogP contribution is -1.93. The van der Waals surface area contributed by atoms with Gasteiger partial charge in [0, 0.05) is 24.0 Å².